The predicted octanol–water partition coefficient (Wildman–Crippen LogP) is 3.41. The molecular weight excluding hydrogens is 340 g/mol. The summed E-state index contributed by atoms with van der Waals surface area (Å²) < 4.78 is 31.2. The van der Waals surface area contributed by atoms with Crippen LogP contribution in [-0.2, 0) is 27.3 Å². The Bertz CT molecular complexity index is 792. The van der Waals surface area contributed by atoms with Gasteiger partial charge < -0.3 is 9.64 Å². The SMILES string of the molecule is COC(=O)CCN(Cc1ccc(F)c(F)c1)C(=O)Cc1cccc(C)c1. The van der Waals surface area contributed by atoms with Gasteiger partial charge in [0.2, 0.25) is 5.91 Å². The molecule has 0 fully saturated rings. The van der Waals surface area contributed by atoms with Crippen LogP contribution in [0.2, 0.25) is 0 Å². The van der Waals surface area contributed by atoms with Gasteiger partial charge in [-0.3, -0.25) is 9.59 Å². The minimum absolute atomic E-state index is 0.0275. The number of aryl methyl sites for hydroxylation is 1. The van der Waals surface area contributed by atoms with Gasteiger partial charge in [0.1, 0.15) is 0 Å². The van der Waals surface area contributed by atoms with Crippen molar-refractivity contribution in [3.05, 3.63) is 70.8 Å². The topological polar surface area (TPSA) is 46.6 Å². The van der Waals surface area contributed by atoms with Gasteiger partial charge in [0, 0.05) is 13.1 Å². The lowest BCUT2D eigenvalue weighted by Gasteiger charge is -2.23. The van der Waals surface area contributed by atoms with Crippen LogP contribution in [0.15, 0.2) is 42.5 Å². The third-order valence-electron chi connectivity index (χ3n) is 3.96. The fourth-order valence-corrected chi connectivity index (χ4v) is 2.59. The molecule has 0 aliphatic rings. The average Bonchev–Trinajstić information content (AvgIpc) is 2.61. The number of halogens is 2. The van der Waals surface area contributed by atoms with Crippen molar-refractivity contribution in [3.8, 4) is 0 Å². The molecule has 26 heavy (non-hydrogen) atoms. The summed E-state index contributed by atoms with van der Waals surface area (Å²) in [7, 11) is 1.27. The Labute approximate surface area is 151 Å². The van der Waals surface area contributed by atoms with Gasteiger partial charge >= 0.3 is 5.97 Å². The maximum atomic E-state index is 13.4. The number of hydrogen-bond acceptors (Lipinski definition) is 3. The molecule has 0 aliphatic heterocycles. The second kappa shape index (κ2) is 9.08. The number of carbonyl (C=O) groups is 2. The first-order chi connectivity index (χ1) is 12.4. The first-order valence-corrected chi connectivity index (χ1v) is 8.23. The van der Waals surface area contributed by atoms with Gasteiger partial charge in [-0.15, -0.1) is 0 Å². The summed E-state index contributed by atoms with van der Waals surface area (Å²) in [5.41, 5.74) is 2.34. The predicted molar refractivity (Wildman–Crippen MR) is 93.3 cm³/mol. The Balaban J connectivity index is 2.14. The van der Waals surface area contributed by atoms with E-state index < -0.39 is 17.6 Å². The normalized spacial score (nSPS) is 10.5. The minimum Gasteiger partial charge on any atom is -0.469 e. The first kappa shape index (κ1) is 19.6. The Hall–Kier alpha value is -2.76. The quantitative estimate of drug-likeness (QED) is 0.710. The largest absolute Gasteiger partial charge is 0.469 e. The third-order valence-corrected chi connectivity index (χ3v) is 3.96. The lowest BCUT2D eigenvalue weighted by Crippen LogP contribution is -2.34. The van der Waals surface area contributed by atoms with E-state index in [1.165, 1.54) is 18.1 Å². The molecule has 2 rings (SSSR count). The van der Waals surface area contributed by atoms with Crippen LogP contribution in [0.5, 0.6) is 0 Å². The van der Waals surface area contributed by atoms with E-state index in [4.69, 9.17) is 0 Å². The summed E-state index contributed by atoms with van der Waals surface area (Å²) in [6.07, 6.45) is 0.187. The molecule has 0 heterocycles. The van der Waals surface area contributed by atoms with E-state index in [-0.39, 0.29) is 31.8 Å². The van der Waals surface area contributed by atoms with Crippen molar-refractivity contribution >= 4 is 11.9 Å². The molecule has 138 valence electrons. The van der Waals surface area contributed by atoms with Gasteiger partial charge in [-0.1, -0.05) is 35.9 Å². The van der Waals surface area contributed by atoms with E-state index in [2.05, 4.69) is 4.74 Å². The van der Waals surface area contributed by atoms with Gasteiger partial charge in [0.15, 0.2) is 11.6 Å². The van der Waals surface area contributed by atoms with Crippen LogP contribution in [0.4, 0.5) is 8.78 Å². The fraction of sp³-hybridized carbons (Fsp3) is 0.300. The minimum atomic E-state index is -0.971. The Kier molecular flexibility index (Phi) is 6.83. The molecule has 4 nitrogen and oxygen atoms in total. The van der Waals surface area contributed by atoms with Crippen LogP contribution in [0.1, 0.15) is 23.1 Å². The highest BCUT2D eigenvalue weighted by Crippen LogP contribution is 2.14. The van der Waals surface area contributed by atoms with E-state index in [0.717, 1.165) is 23.3 Å². The number of benzene rings is 2. The van der Waals surface area contributed by atoms with E-state index >= 15 is 0 Å². The van der Waals surface area contributed by atoms with Crippen molar-refractivity contribution in [2.24, 2.45) is 0 Å². The highest BCUT2D eigenvalue weighted by molar-refractivity contribution is 5.79. The lowest BCUT2D eigenvalue weighted by molar-refractivity contribution is -0.141. The number of amides is 1. The van der Waals surface area contributed by atoms with Crippen molar-refractivity contribution < 1.29 is 23.1 Å². The molecular formula is C20H21F2NO3. The molecule has 0 aromatic heterocycles. The molecule has 0 N–H and O–H groups in total. The van der Waals surface area contributed by atoms with Crippen LogP contribution in [0, 0.1) is 18.6 Å². The molecule has 0 spiro atoms. The zero-order chi connectivity index (χ0) is 19.1. The molecule has 1 amide bonds. The number of carbonyl (C=O) groups excluding carboxylic acids is 2. The van der Waals surface area contributed by atoms with Gasteiger partial charge in [0.05, 0.1) is 20.0 Å². The van der Waals surface area contributed by atoms with Gasteiger partial charge in [-0.05, 0) is 30.2 Å². The van der Waals surface area contributed by atoms with E-state index in [1.807, 2.05) is 31.2 Å². The number of hydrogen-bond donors (Lipinski definition) is 0. The smallest absolute Gasteiger partial charge is 0.307 e. The summed E-state index contributed by atoms with van der Waals surface area (Å²) in [5.74, 6) is -2.56. The molecule has 0 saturated heterocycles. The van der Waals surface area contributed by atoms with Crippen LogP contribution in [-0.4, -0.2) is 30.4 Å². The second-order valence-electron chi connectivity index (χ2n) is 6.06. The summed E-state index contributed by atoms with van der Waals surface area (Å²) >= 11 is 0. The van der Waals surface area contributed by atoms with Gasteiger partial charge in [-0.2, -0.15) is 0 Å². The molecule has 6 heteroatoms. The summed E-state index contributed by atoms with van der Waals surface area (Å²) in [5, 5.41) is 0. The van der Waals surface area contributed by atoms with E-state index in [1.54, 1.807) is 0 Å². The summed E-state index contributed by atoms with van der Waals surface area (Å²) in [6, 6.07) is 11.1. The summed E-state index contributed by atoms with van der Waals surface area (Å²) in [6.45, 7) is 2.15. The number of ether oxygens (including phenoxy) is 1. The zero-order valence-electron chi connectivity index (χ0n) is 14.8. The maximum absolute atomic E-state index is 13.4. The van der Waals surface area contributed by atoms with Crippen molar-refractivity contribution in [1.82, 2.24) is 4.90 Å². The van der Waals surface area contributed by atoms with Crippen molar-refractivity contribution in [2.75, 3.05) is 13.7 Å². The van der Waals surface area contributed by atoms with Crippen LogP contribution in [0.25, 0.3) is 0 Å². The highest BCUT2D eigenvalue weighted by Gasteiger charge is 2.17. The Morgan fingerprint density at radius 2 is 1.81 bits per heavy atom. The molecule has 0 atom stereocenters. The molecule has 0 radical (unpaired) electrons. The molecule has 0 aliphatic carbocycles. The Morgan fingerprint density at radius 1 is 1.04 bits per heavy atom. The zero-order valence-corrected chi connectivity index (χ0v) is 14.8. The number of esters is 1. The van der Waals surface area contributed by atoms with E-state index in [9.17, 15) is 18.4 Å². The van der Waals surface area contributed by atoms with Gasteiger partial charge in [-0.25, -0.2) is 8.78 Å². The van der Waals surface area contributed by atoms with Crippen LogP contribution in [0.3, 0.4) is 0 Å². The lowest BCUT2D eigenvalue weighted by atomic mass is 10.1. The standard InChI is InChI=1S/C20H21F2NO3/c1-14-4-3-5-15(10-14)12-19(24)23(9-8-20(25)26-2)13-16-6-7-17(21)18(22)11-16/h3-7,10-11H,8-9,12-13H2,1-2H3. The van der Waals surface area contributed by atoms with Crippen molar-refractivity contribution in [2.45, 2.75) is 26.3 Å². The summed E-state index contributed by atoms with van der Waals surface area (Å²) in [4.78, 5) is 25.6. The van der Waals surface area contributed by atoms with Crippen LogP contribution < -0.4 is 0 Å². The Morgan fingerprint density at radius 3 is 2.46 bits per heavy atom. The van der Waals surface area contributed by atoms with Crippen molar-refractivity contribution in [1.29, 1.82) is 0 Å². The average molecular weight is 361 g/mol. The number of methoxy groups -OCH3 is 1. The molecule has 2 aromatic carbocycles. The fourth-order valence-electron chi connectivity index (χ4n) is 2.59. The third kappa shape index (κ3) is 5.65. The highest BCUT2D eigenvalue weighted by atomic mass is 19.2. The maximum Gasteiger partial charge on any atom is 0.307 e. The number of rotatable bonds is 7. The van der Waals surface area contributed by atoms with E-state index in [0.29, 0.717) is 5.56 Å². The van der Waals surface area contributed by atoms with Crippen LogP contribution >= 0.6 is 0 Å². The monoisotopic (exact) mass is 361 g/mol. The van der Waals surface area contributed by atoms with Crippen molar-refractivity contribution in [3.63, 3.8) is 0 Å². The first-order valence-electron chi connectivity index (χ1n) is 8.23. The van der Waals surface area contributed by atoms with Gasteiger partial charge in [0.25, 0.3) is 0 Å². The number of nitrogens with zero attached hydrogens (tertiary/aromatic N) is 1. The molecule has 0 unspecified atom stereocenters. The molecule has 0 saturated carbocycles. The second-order valence-corrected chi connectivity index (χ2v) is 6.06. The molecule has 2 aromatic rings. The molecule has 0 bridgehead atoms.